The van der Waals surface area contributed by atoms with Gasteiger partial charge in [0.25, 0.3) is 5.60 Å². The van der Waals surface area contributed by atoms with Crippen molar-refractivity contribution in [3.8, 4) is 6.07 Å². The van der Waals surface area contributed by atoms with E-state index in [0.717, 1.165) is 48.7 Å². The molecule has 0 unspecified atom stereocenters. The summed E-state index contributed by atoms with van der Waals surface area (Å²) in [6.07, 6.45) is -5.24. The van der Waals surface area contributed by atoms with Gasteiger partial charge in [-0.15, -0.1) is 0 Å². The van der Waals surface area contributed by atoms with Crippen LogP contribution in [0.4, 0.5) is 32.0 Å². The van der Waals surface area contributed by atoms with E-state index in [-0.39, 0.29) is 18.2 Å². The number of nitrogens with one attached hydrogen (secondary N) is 2. The van der Waals surface area contributed by atoms with E-state index in [0.29, 0.717) is 41.5 Å². The van der Waals surface area contributed by atoms with Gasteiger partial charge in [-0.05, 0) is 49.8 Å². The number of imidazole rings is 1. The van der Waals surface area contributed by atoms with E-state index in [4.69, 9.17) is 5.26 Å². The number of benzene rings is 1. The molecule has 0 bridgehead atoms. The third-order valence-electron chi connectivity index (χ3n) is 7.59. The number of aromatic amines is 1. The molecule has 8 nitrogen and oxygen atoms in total. The molecule has 1 aliphatic rings. The molecular formula is C27H24F6N6O2. The topological polar surface area (TPSA) is 120 Å². The fraction of sp³-hybridized carbons (Fsp3) is 0.407. The van der Waals surface area contributed by atoms with Crippen LogP contribution in [0, 0.1) is 17.2 Å². The predicted molar refractivity (Wildman–Crippen MR) is 135 cm³/mol. The largest absolute Gasteiger partial charge is 0.430 e. The van der Waals surface area contributed by atoms with Crippen LogP contribution in [0.25, 0.3) is 22.1 Å². The summed E-state index contributed by atoms with van der Waals surface area (Å²) in [5.74, 6) is 0.131. The van der Waals surface area contributed by atoms with Crippen molar-refractivity contribution in [2.24, 2.45) is 5.92 Å². The first-order chi connectivity index (χ1) is 19.3. The number of hydrogen-bond acceptors (Lipinski definition) is 5. The summed E-state index contributed by atoms with van der Waals surface area (Å²) < 4.78 is 81.1. The number of pyridine rings is 1. The summed E-state index contributed by atoms with van der Waals surface area (Å²) in [5.41, 5.74) is -4.53. The van der Waals surface area contributed by atoms with Crippen LogP contribution in [0.3, 0.4) is 0 Å². The molecule has 0 spiro atoms. The minimum absolute atomic E-state index is 0.0000550. The van der Waals surface area contributed by atoms with Gasteiger partial charge in [-0.1, -0.05) is 12.1 Å². The molecule has 0 atom stereocenters. The van der Waals surface area contributed by atoms with E-state index in [1.165, 1.54) is 0 Å². The molecule has 5 rings (SSSR count). The van der Waals surface area contributed by atoms with Gasteiger partial charge in [-0.25, -0.2) is 9.97 Å². The van der Waals surface area contributed by atoms with Crippen LogP contribution in [0.5, 0.6) is 0 Å². The van der Waals surface area contributed by atoms with Gasteiger partial charge < -0.3 is 20.0 Å². The molecule has 1 aliphatic carbocycles. The summed E-state index contributed by atoms with van der Waals surface area (Å²) in [7, 11) is 0. The van der Waals surface area contributed by atoms with E-state index in [1.807, 2.05) is 10.6 Å². The second-order valence-corrected chi connectivity index (χ2v) is 10.2. The quantitative estimate of drug-likeness (QED) is 0.241. The SMILES string of the molecule is N#CC[C@H]1CC[C@H](n2c(CC(=O)Nc3ccc(C(O)(C(F)(F)F)C(F)(F)F)cc3)nc3cnc4[nH]ccc4c32)CC1. The second-order valence-electron chi connectivity index (χ2n) is 10.2. The number of carbonyl (C=O) groups is 1. The fourth-order valence-electron chi connectivity index (χ4n) is 5.53. The van der Waals surface area contributed by atoms with Gasteiger partial charge in [0.1, 0.15) is 17.0 Å². The van der Waals surface area contributed by atoms with Gasteiger partial charge in [0.05, 0.1) is 24.2 Å². The van der Waals surface area contributed by atoms with Crippen LogP contribution >= 0.6 is 0 Å². The average molecular weight is 579 g/mol. The number of aromatic nitrogens is 4. The molecule has 0 saturated heterocycles. The highest BCUT2D eigenvalue weighted by Gasteiger charge is 2.71. The van der Waals surface area contributed by atoms with Crippen molar-refractivity contribution in [3.05, 3.63) is 54.1 Å². The smallest absolute Gasteiger partial charge is 0.369 e. The highest BCUT2D eigenvalue weighted by molar-refractivity contribution is 6.02. The summed E-state index contributed by atoms with van der Waals surface area (Å²) in [6.45, 7) is 0. The van der Waals surface area contributed by atoms with Crippen molar-refractivity contribution in [1.82, 2.24) is 19.5 Å². The van der Waals surface area contributed by atoms with Gasteiger partial charge >= 0.3 is 12.4 Å². The summed E-state index contributed by atoms with van der Waals surface area (Å²) in [6, 6.07) is 6.75. The molecular weight excluding hydrogens is 554 g/mol. The van der Waals surface area contributed by atoms with Gasteiger partial charge in [-0.2, -0.15) is 31.6 Å². The zero-order chi connectivity index (χ0) is 29.6. The zero-order valence-corrected chi connectivity index (χ0v) is 21.4. The van der Waals surface area contributed by atoms with Crippen molar-refractivity contribution in [3.63, 3.8) is 0 Å². The van der Waals surface area contributed by atoms with Gasteiger partial charge in [-0.3, -0.25) is 4.79 Å². The zero-order valence-electron chi connectivity index (χ0n) is 21.4. The molecule has 1 amide bonds. The van der Waals surface area contributed by atoms with Crippen molar-refractivity contribution in [2.75, 3.05) is 5.32 Å². The number of hydrogen-bond donors (Lipinski definition) is 3. The molecule has 3 N–H and O–H groups in total. The van der Waals surface area contributed by atoms with E-state index in [2.05, 4.69) is 26.3 Å². The number of carbonyl (C=O) groups excluding carboxylic acids is 1. The Balaban J connectivity index is 1.41. The highest BCUT2D eigenvalue weighted by Crippen LogP contribution is 2.50. The van der Waals surface area contributed by atoms with E-state index < -0.39 is 29.4 Å². The van der Waals surface area contributed by atoms with Gasteiger partial charge in [0, 0.05) is 35.3 Å². The Hall–Kier alpha value is -4.12. The first-order valence-electron chi connectivity index (χ1n) is 12.8. The summed E-state index contributed by atoms with van der Waals surface area (Å²) in [5, 5.41) is 21.9. The van der Waals surface area contributed by atoms with Crippen molar-refractivity contribution >= 4 is 33.7 Å². The molecule has 1 aromatic carbocycles. The second kappa shape index (κ2) is 10.4. The van der Waals surface area contributed by atoms with E-state index >= 15 is 0 Å². The summed E-state index contributed by atoms with van der Waals surface area (Å²) >= 11 is 0. The fourth-order valence-corrected chi connectivity index (χ4v) is 5.53. The maximum absolute atomic E-state index is 13.2. The lowest BCUT2D eigenvalue weighted by Crippen LogP contribution is -2.53. The number of alkyl halides is 6. The molecule has 216 valence electrons. The molecule has 14 heteroatoms. The Bertz CT molecular complexity index is 1590. The lowest BCUT2D eigenvalue weighted by Gasteiger charge is -2.32. The van der Waals surface area contributed by atoms with Crippen LogP contribution in [0.2, 0.25) is 0 Å². The molecule has 0 radical (unpaired) electrons. The third-order valence-corrected chi connectivity index (χ3v) is 7.59. The first-order valence-corrected chi connectivity index (χ1v) is 12.8. The maximum Gasteiger partial charge on any atom is 0.430 e. The third kappa shape index (κ3) is 5.10. The van der Waals surface area contributed by atoms with Crippen LogP contribution in [0.1, 0.15) is 49.5 Å². The number of nitrogens with zero attached hydrogens (tertiary/aromatic N) is 4. The molecule has 3 aromatic heterocycles. The van der Waals surface area contributed by atoms with Gasteiger partial charge in [0.15, 0.2) is 0 Å². The molecule has 0 aliphatic heterocycles. The average Bonchev–Trinajstić information content (AvgIpc) is 3.52. The van der Waals surface area contributed by atoms with Crippen molar-refractivity contribution < 1.29 is 36.2 Å². The Morgan fingerprint density at radius 3 is 2.34 bits per heavy atom. The number of aliphatic hydroxyl groups is 1. The molecule has 41 heavy (non-hydrogen) atoms. The van der Waals surface area contributed by atoms with Crippen LogP contribution in [-0.2, 0) is 16.8 Å². The molecule has 1 fully saturated rings. The van der Waals surface area contributed by atoms with Crippen LogP contribution in [0.15, 0.2) is 42.7 Å². The number of H-pyrrole nitrogens is 1. The Morgan fingerprint density at radius 2 is 1.73 bits per heavy atom. The minimum atomic E-state index is -6.01. The first kappa shape index (κ1) is 28.4. The lowest BCUT2D eigenvalue weighted by molar-refractivity contribution is -0.376. The number of fused-ring (bicyclic) bond motifs is 3. The van der Waals surface area contributed by atoms with E-state index in [9.17, 15) is 36.2 Å². The molecule has 1 saturated carbocycles. The monoisotopic (exact) mass is 578 g/mol. The minimum Gasteiger partial charge on any atom is -0.369 e. The van der Waals surface area contributed by atoms with Gasteiger partial charge in [0.2, 0.25) is 5.91 Å². The number of nitriles is 1. The Morgan fingerprint density at radius 1 is 1.07 bits per heavy atom. The predicted octanol–water partition coefficient (Wildman–Crippen LogP) is 6.05. The van der Waals surface area contributed by atoms with E-state index in [1.54, 1.807) is 12.4 Å². The van der Waals surface area contributed by atoms with Crippen LogP contribution in [-0.4, -0.2) is 42.9 Å². The normalized spacial score (nSPS) is 18.5. The number of halogens is 6. The standard InChI is InChI=1S/C27H24F6N6O2/c28-26(29,30)25(41,27(31,32)33)16-3-5-17(6-4-16)37-22(40)13-21-38-20-14-36-24-19(10-12-35-24)23(20)39(21)18-7-1-15(2-8-18)9-11-34/h3-6,10,12,14-15,18,41H,1-2,7-9,13H2,(H,35,36)(H,37,40)/t15-,18-. The van der Waals surface area contributed by atoms with Crippen LogP contribution < -0.4 is 5.32 Å². The Kier molecular flexibility index (Phi) is 7.19. The molecule has 3 heterocycles. The highest BCUT2D eigenvalue weighted by atomic mass is 19.4. The molecule has 4 aromatic rings. The van der Waals surface area contributed by atoms with Crippen molar-refractivity contribution in [2.45, 2.75) is 62.5 Å². The Labute approximate surface area is 229 Å². The van der Waals surface area contributed by atoms with Crippen molar-refractivity contribution in [1.29, 1.82) is 5.26 Å². The summed E-state index contributed by atoms with van der Waals surface area (Å²) in [4.78, 5) is 25.1. The number of anilines is 1. The number of amides is 1. The number of rotatable bonds is 6. The lowest BCUT2D eigenvalue weighted by atomic mass is 9.84. The maximum atomic E-state index is 13.2.